The number of aryl methyl sites for hydroxylation is 1. The topological polar surface area (TPSA) is 56.6 Å². The number of nitrogens with zero attached hydrogens (tertiary/aromatic N) is 3. The van der Waals surface area contributed by atoms with Gasteiger partial charge in [0.05, 0.1) is 23.8 Å². The minimum absolute atomic E-state index is 0.216. The van der Waals surface area contributed by atoms with Crippen molar-refractivity contribution in [1.82, 2.24) is 0 Å². The molecule has 36 heavy (non-hydrogen) atoms. The Morgan fingerprint density at radius 2 is 1.78 bits per heavy atom. The van der Waals surface area contributed by atoms with Crippen LogP contribution >= 0.6 is 0 Å². The average Bonchev–Trinajstić information content (AvgIpc) is 2.87. The van der Waals surface area contributed by atoms with Crippen molar-refractivity contribution in [3.05, 3.63) is 89.1 Å². The van der Waals surface area contributed by atoms with E-state index in [9.17, 15) is 10.1 Å². The van der Waals surface area contributed by atoms with Crippen molar-refractivity contribution in [2.45, 2.75) is 39.9 Å². The Labute approximate surface area is 214 Å². The van der Waals surface area contributed by atoms with Crippen LogP contribution in [0.5, 0.6) is 0 Å². The highest BCUT2D eigenvalue weighted by atomic mass is 16.5. The summed E-state index contributed by atoms with van der Waals surface area (Å²) in [6.07, 6.45) is 3.41. The molecular formula is C31H33N3O2. The predicted molar refractivity (Wildman–Crippen MR) is 147 cm³/mol. The molecule has 0 radical (unpaired) electrons. The highest BCUT2D eigenvalue weighted by Gasteiger charge is 2.22. The largest absolute Gasteiger partial charge is 0.372 e. The third-order valence-electron chi connectivity index (χ3n) is 6.70. The number of ether oxygens (including phenoxy) is 1. The molecule has 5 nitrogen and oxygen atoms in total. The summed E-state index contributed by atoms with van der Waals surface area (Å²) in [5, 5.41) is 9.31. The molecule has 2 atom stereocenters. The fourth-order valence-electron chi connectivity index (χ4n) is 5.02. The first-order valence-electron chi connectivity index (χ1n) is 12.3. The summed E-state index contributed by atoms with van der Waals surface area (Å²) in [6.45, 7) is 9.97. The van der Waals surface area contributed by atoms with E-state index >= 15 is 0 Å². The molecule has 0 bridgehead atoms. The van der Waals surface area contributed by atoms with Crippen LogP contribution in [-0.4, -0.2) is 38.6 Å². The Balaban J connectivity index is 1.64. The molecule has 1 heterocycles. The third kappa shape index (κ3) is 5.35. The SMILES string of the molecule is C/C(=C/N(C)c1ccc(N2CC(C)OC(C)C2)cc1)c1c(C=O)cccc1-c1ccc(C#N)c(C)c1. The van der Waals surface area contributed by atoms with Gasteiger partial charge in [0.2, 0.25) is 0 Å². The van der Waals surface area contributed by atoms with E-state index in [2.05, 4.69) is 60.2 Å². The van der Waals surface area contributed by atoms with Crippen molar-refractivity contribution in [1.29, 1.82) is 5.26 Å². The van der Waals surface area contributed by atoms with E-state index in [1.54, 1.807) is 0 Å². The van der Waals surface area contributed by atoms with E-state index in [-0.39, 0.29) is 12.2 Å². The summed E-state index contributed by atoms with van der Waals surface area (Å²) in [5.41, 5.74) is 8.31. The van der Waals surface area contributed by atoms with Crippen LogP contribution in [0.1, 0.15) is 47.8 Å². The first-order chi connectivity index (χ1) is 17.3. The highest BCUT2D eigenvalue weighted by Crippen LogP contribution is 2.33. The van der Waals surface area contributed by atoms with Crippen LogP contribution in [0.25, 0.3) is 16.7 Å². The normalized spacial score (nSPS) is 18.0. The molecule has 184 valence electrons. The Morgan fingerprint density at radius 3 is 2.39 bits per heavy atom. The third-order valence-corrected chi connectivity index (χ3v) is 6.70. The van der Waals surface area contributed by atoms with Gasteiger partial charge in [-0.05, 0) is 85.9 Å². The average molecular weight is 480 g/mol. The molecule has 1 aliphatic heterocycles. The van der Waals surface area contributed by atoms with Gasteiger partial charge in [-0.2, -0.15) is 5.26 Å². The van der Waals surface area contributed by atoms with E-state index < -0.39 is 0 Å². The van der Waals surface area contributed by atoms with E-state index in [0.717, 1.165) is 52.9 Å². The molecule has 0 aromatic heterocycles. The number of aldehydes is 1. The Kier molecular flexibility index (Phi) is 7.57. The number of carbonyl (C=O) groups is 1. The molecule has 0 N–H and O–H groups in total. The van der Waals surface area contributed by atoms with Gasteiger partial charge in [0.25, 0.3) is 0 Å². The molecule has 0 saturated carbocycles. The molecule has 3 aromatic rings. The van der Waals surface area contributed by atoms with Crippen LogP contribution in [-0.2, 0) is 4.74 Å². The Hall–Kier alpha value is -3.88. The summed E-state index contributed by atoms with van der Waals surface area (Å²) in [7, 11) is 2.02. The first kappa shape index (κ1) is 25.2. The minimum atomic E-state index is 0.216. The molecule has 5 heteroatoms. The predicted octanol–water partition coefficient (Wildman–Crippen LogP) is 6.46. The Bertz CT molecular complexity index is 1310. The summed E-state index contributed by atoms with van der Waals surface area (Å²) in [5.74, 6) is 0. The maximum Gasteiger partial charge on any atom is 0.150 e. The summed E-state index contributed by atoms with van der Waals surface area (Å²) in [6, 6.07) is 22.4. The van der Waals surface area contributed by atoms with Crippen molar-refractivity contribution < 1.29 is 9.53 Å². The molecular weight excluding hydrogens is 446 g/mol. The fraction of sp³-hybridized carbons (Fsp3) is 0.290. The van der Waals surface area contributed by atoms with Crippen LogP contribution in [0.2, 0.25) is 0 Å². The van der Waals surface area contributed by atoms with Gasteiger partial charge in [-0.3, -0.25) is 4.79 Å². The molecule has 0 spiro atoms. The van der Waals surface area contributed by atoms with E-state index in [1.807, 2.05) is 57.3 Å². The minimum Gasteiger partial charge on any atom is -0.372 e. The number of carbonyl (C=O) groups excluding carboxylic acids is 1. The smallest absolute Gasteiger partial charge is 0.150 e. The lowest BCUT2D eigenvalue weighted by Crippen LogP contribution is -2.45. The van der Waals surface area contributed by atoms with Crippen molar-refractivity contribution in [2.24, 2.45) is 0 Å². The van der Waals surface area contributed by atoms with Gasteiger partial charge >= 0.3 is 0 Å². The van der Waals surface area contributed by atoms with Gasteiger partial charge in [-0.1, -0.05) is 30.3 Å². The van der Waals surface area contributed by atoms with Gasteiger partial charge in [0.1, 0.15) is 0 Å². The molecule has 2 unspecified atom stereocenters. The van der Waals surface area contributed by atoms with Gasteiger partial charge in [-0.25, -0.2) is 0 Å². The molecule has 4 rings (SSSR count). The second-order valence-corrected chi connectivity index (χ2v) is 9.63. The lowest BCUT2D eigenvalue weighted by Gasteiger charge is -2.37. The van der Waals surface area contributed by atoms with Crippen LogP contribution < -0.4 is 9.80 Å². The lowest BCUT2D eigenvalue weighted by molar-refractivity contribution is -0.00521. The standard InChI is InChI=1S/C31H33N3O2/c1-21-15-25(9-10-26(21)16-32)30-8-6-7-27(20-35)31(30)22(2)17-33(5)28-11-13-29(14-12-28)34-18-23(3)36-24(4)19-34/h6-15,17,20,23-24H,18-19H2,1-5H3/b22-17-. The zero-order valence-corrected chi connectivity index (χ0v) is 21.7. The number of allylic oxidation sites excluding steroid dienone is 1. The van der Waals surface area contributed by atoms with Crippen LogP contribution in [0.4, 0.5) is 11.4 Å². The van der Waals surface area contributed by atoms with Crippen LogP contribution in [0.15, 0.2) is 66.9 Å². The first-order valence-corrected chi connectivity index (χ1v) is 12.3. The van der Waals surface area contributed by atoms with E-state index in [4.69, 9.17) is 4.74 Å². The number of rotatable bonds is 6. The second kappa shape index (κ2) is 10.8. The Morgan fingerprint density at radius 1 is 1.08 bits per heavy atom. The molecule has 0 amide bonds. The number of hydrogen-bond donors (Lipinski definition) is 0. The zero-order chi connectivity index (χ0) is 25.8. The van der Waals surface area contributed by atoms with Crippen LogP contribution in [0.3, 0.4) is 0 Å². The molecule has 1 fully saturated rings. The molecule has 0 aliphatic carbocycles. The number of benzene rings is 3. The van der Waals surface area contributed by atoms with Gasteiger partial charge < -0.3 is 14.5 Å². The molecule has 1 aliphatic rings. The monoisotopic (exact) mass is 479 g/mol. The van der Waals surface area contributed by atoms with Crippen molar-refractivity contribution in [3.63, 3.8) is 0 Å². The van der Waals surface area contributed by atoms with Crippen LogP contribution in [0, 0.1) is 18.3 Å². The quantitative estimate of drug-likeness (QED) is 0.380. The summed E-state index contributed by atoms with van der Waals surface area (Å²) in [4.78, 5) is 16.4. The van der Waals surface area contributed by atoms with E-state index in [0.29, 0.717) is 11.1 Å². The maximum absolute atomic E-state index is 12.0. The molecule has 1 saturated heterocycles. The van der Waals surface area contributed by atoms with Gasteiger partial charge in [0, 0.05) is 43.3 Å². The van der Waals surface area contributed by atoms with E-state index in [1.165, 1.54) is 5.69 Å². The number of hydrogen-bond acceptors (Lipinski definition) is 5. The zero-order valence-electron chi connectivity index (χ0n) is 21.7. The highest BCUT2D eigenvalue weighted by molar-refractivity contribution is 5.93. The maximum atomic E-state index is 12.0. The van der Waals surface area contributed by atoms with Crippen molar-refractivity contribution >= 4 is 23.2 Å². The number of nitriles is 1. The number of anilines is 2. The fourth-order valence-corrected chi connectivity index (χ4v) is 5.02. The van der Waals surface area contributed by atoms with Gasteiger partial charge in [0.15, 0.2) is 6.29 Å². The second-order valence-electron chi connectivity index (χ2n) is 9.63. The summed E-state index contributed by atoms with van der Waals surface area (Å²) < 4.78 is 5.87. The van der Waals surface area contributed by atoms with Crippen molar-refractivity contribution in [2.75, 3.05) is 29.9 Å². The number of morpholine rings is 1. The lowest BCUT2D eigenvalue weighted by atomic mass is 9.90. The molecule has 3 aromatic carbocycles. The summed E-state index contributed by atoms with van der Waals surface area (Å²) >= 11 is 0. The van der Waals surface area contributed by atoms with Gasteiger partial charge in [-0.15, -0.1) is 0 Å². The van der Waals surface area contributed by atoms with Crippen molar-refractivity contribution in [3.8, 4) is 17.2 Å².